The molecule has 6 nitrogen and oxygen atoms in total. The number of hydrogen-bond donors (Lipinski definition) is 1. The number of benzene rings is 2. The number of fused-ring (bicyclic) bond motifs is 1. The van der Waals surface area contributed by atoms with E-state index in [0.717, 1.165) is 0 Å². The summed E-state index contributed by atoms with van der Waals surface area (Å²) in [6.45, 7) is 0.932. The first-order valence-corrected chi connectivity index (χ1v) is 9.04. The Morgan fingerprint density at radius 1 is 1.00 bits per heavy atom. The molecule has 0 fully saturated rings. The molecule has 3 rings (SSSR count). The first-order valence-electron chi connectivity index (χ1n) is 8.66. The second-order valence-electron chi connectivity index (χ2n) is 6.06. The Labute approximate surface area is 162 Å². The summed E-state index contributed by atoms with van der Waals surface area (Å²) in [6, 6.07) is 13.7. The van der Waals surface area contributed by atoms with Crippen molar-refractivity contribution < 1.29 is 19.1 Å². The van der Waals surface area contributed by atoms with Crippen LogP contribution in [0.4, 0.5) is 0 Å². The summed E-state index contributed by atoms with van der Waals surface area (Å²) in [4.78, 5) is 37.5. The zero-order chi connectivity index (χ0) is 19.2. The summed E-state index contributed by atoms with van der Waals surface area (Å²) in [7, 11) is 0. The summed E-state index contributed by atoms with van der Waals surface area (Å²) in [5.41, 5.74) is 0.845. The van der Waals surface area contributed by atoms with E-state index in [1.165, 1.54) is 4.90 Å². The first kappa shape index (κ1) is 18.9. The Balaban J connectivity index is 1.35. The maximum Gasteiger partial charge on any atom is 0.261 e. The highest BCUT2D eigenvalue weighted by molar-refractivity contribution is 6.30. The fraction of sp³-hybridized carbons (Fsp3) is 0.250. The van der Waals surface area contributed by atoms with Crippen LogP contribution in [0.5, 0.6) is 5.75 Å². The molecule has 0 radical (unpaired) electrons. The largest absolute Gasteiger partial charge is 0.492 e. The third-order valence-corrected chi connectivity index (χ3v) is 4.42. The van der Waals surface area contributed by atoms with Gasteiger partial charge in [0.1, 0.15) is 12.4 Å². The van der Waals surface area contributed by atoms with E-state index in [-0.39, 0.29) is 30.7 Å². The highest BCUT2D eigenvalue weighted by atomic mass is 35.5. The molecular weight excluding hydrogens is 368 g/mol. The quantitative estimate of drug-likeness (QED) is 0.559. The number of carbonyl (C=O) groups is 3. The van der Waals surface area contributed by atoms with Crippen LogP contribution in [0.25, 0.3) is 0 Å². The molecule has 0 bridgehead atoms. The summed E-state index contributed by atoms with van der Waals surface area (Å²) in [5, 5.41) is 3.38. The molecule has 0 unspecified atom stereocenters. The molecular formula is C20H19ClN2O4. The van der Waals surface area contributed by atoms with Gasteiger partial charge in [-0.2, -0.15) is 0 Å². The van der Waals surface area contributed by atoms with Gasteiger partial charge in [-0.05, 0) is 42.8 Å². The Hall–Kier alpha value is -2.86. The van der Waals surface area contributed by atoms with Gasteiger partial charge in [0.2, 0.25) is 5.91 Å². The average Bonchev–Trinajstić information content (AvgIpc) is 2.92. The van der Waals surface area contributed by atoms with Crippen LogP contribution in [0.2, 0.25) is 5.02 Å². The lowest BCUT2D eigenvalue weighted by atomic mass is 10.1. The fourth-order valence-corrected chi connectivity index (χ4v) is 2.94. The van der Waals surface area contributed by atoms with Crippen LogP contribution in [-0.2, 0) is 4.79 Å². The highest BCUT2D eigenvalue weighted by Gasteiger charge is 2.34. The topological polar surface area (TPSA) is 75.7 Å². The van der Waals surface area contributed by atoms with Crippen molar-refractivity contribution >= 4 is 29.3 Å². The summed E-state index contributed by atoms with van der Waals surface area (Å²) in [6.07, 6.45) is 0.643. The van der Waals surface area contributed by atoms with Crippen molar-refractivity contribution in [3.63, 3.8) is 0 Å². The van der Waals surface area contributed by atoms with E-state index in [9.17, 15) is 14.4 Å². The zero-order valence-electron chi connectivity index (χ0n) is 14.6. The molecule has 0 spiro atoms. The molecule has 27 heavy (non-hydrogen) atoms. The Bertz CT molecular complexity index is 816. The molecule has 7 heteroatoms. The fourth-order valence-electron chi connectivity index (χ4n) is 2.82. The second kappa shape index (κ2) is 8.68. The molecule has 1 heterocycles. The Morgan fingerprint density at radius 2 is 1.63 bits per heavy atom. The van der Waals surface area contributed by atoms with Gasteiger partial charge in [-0.15, -0.1) is 0 Å². The van der Waals surface area contributed by atoms with Gasteiger partial charge in [0.05, 0.1) is 17.7 Å². The molecule has 2 aromatic rings. The molecule has 1 N–H and O–H groups in total. The first-order chi connectivity index (χ1) is 13.1. The smallest absolute Gasteiger partial charge is 0.261 e. The third-order valence-electron chi connectivity index (χ3n) is 4.17. The Kier molecular flexibility index (Phi) is 6.08. The molecule has 0 aromatic heterocycles. The maximum atomic E-state index is 12.2. The van der Waals surface area contributed by atoms with Crippen molar-refractivity contribution in [1.29, 1.82) is 0 Å². The summed E-state index contributed by atoms with van der Waals surface area (Å²) < 4.78 is 5.49. The highest BCUT2D eigenvalue weighted by Crippen LogP contribution is 2.22. The number of imide groups is 1. The van der Waals surface area contributed by atoms with Crippen molar-refractivity contribution in [3.8, 4) is 5.75 Å². The van der Waals surface area contributed by atoms with Gasteiger partial charge in [0.25, 0.3) is 11.8 Å². The van der Waals surface area contributed by atoms with E-state index in [1.54, 1.807) is 48.5 Å². The number of halogens is 1. The Morgan fingerprint density at radius 3 is 2.26 bits per heavy atom. The summed E-state index contributed by atoms with van der Waals surface area (Å²) in [5.74, 6) is -0.0645. The molecule has 0 atom stereocenters. The SMILES string of the molecule is O=C(CCCN1C(=O)c2ccccc2C1=O)NCCOc1ccc(Cl)cc1. The minimum absolute atomic E-state index is 0.147. The zero-order valence-corrected chi connectivity index (χ0v) is 15.4. The second-order valence-corrected chi connectivity index (χ2v) is 6.50. The van der Waals surface area contributed by atoms with Crippen molar-refractivity contribution in [1.82, 2.24) is 10.2 Å². The molecule has 1 aliphatic rings. The molecule has 0 aliphatic carbocycles. The molecule has 140 valence electrons. The number of rotatable bonds is 8. The van der Waals surface area contributed by atoms with E-state index < -0.39 is 0 Å². The van der Waals surface area contributed by atoms with Crippen molar-refractivity contribution in [2.75, 3.05) is 19.7 Å². The van der Waals surface area contributed by atoms with E-state index in [4.69, 9.17) is 16.3 Å². The molecule has 0 saturated carbocycles. The van der Waals surface area contributed by atoms with Crippen LogP contribution >= 0.6 is 11.6 Å². The predicted molar refractivity (Wildman–Crippen MR) is 101 cm³/mol. The van der Waals surface area contributed by atoms with Crippen LogP contribution in [0.1, 0.15) is 33.6 Å². The monoisotopic (exact) mass is 386 g/mol. The minimum atomic E-state index is -0.299. The molecule has 1 aliphatic heterocycles. The van der Waals surface area contributed by atoms with Crippen molar-refractivity contribution in [2.45, 2.75) is 12.8 Å². The predicted octanol–water partition coefficient (Wildman–Crippen LogP) is 2.91. The minimum Gasteiger partial charge on any atom is -0.492 e. The van der Waals surface area contributed by atoms with E-state index in [1.807, 2.05) is 0 Å². The number of nitrogens with one attached hydrogen (secondary N) is 1. The normalized spacial score (nSPS) is 12.9. The van der Waals surface area contributed by atoms with E-state index in [0.29, 0.717) is 41.5 Å². The van der Waals surface area contributed by atoms with Crippen molar-refractivity contribution in [3.05, 3.63) is 64.7 Å². The number of hydrogen-bond acceptors (Lipinski definition) is 4. The molecule has 3 amide bonds. The van der Waals surface area contributed by atoms with Crippen molar-refractivity contribution in [2.24, 2.45) is 0 Å². The van der Waals surface area contributed by atoms with E-state index in [2.05, 4.69) is 5.32 Å². The van der Waals surface area contributed by atoms with Gasteiger partial charge >= 0.3 is 0 Å². The van der Waals surface area contributed by atoms with Crippen LogP contribution in [0.3, 0.4) is 0 Å². The number of ether oxygens (including phenoxy) is 1. The average molecular weight is 387 g/mol. The standard InChI is InChI=1S/C20H19ClN2O4/c21-14-7-9-15(10-8-14)27-13-11-22-18(24)6-3-12-23-19(25)16-4-1-2-5-17(16)20(23)26/h1-2,4-5,7-10H,3,6,11-13H2,(H,22,24). The van der Waals surface area contributed by atoms with Gasteiger partial charge in [-0.25, -0.2) is 0 Å². The van der Waals surface area contributed by atoms with Gasteiger partial charge < -0.3 is 10.1 Å². The van der Waals surface area contributed by atoms with Crippen LogP contribution < -0.4 is 10.1 Å². The third kappa shape index (κ3) is 4.65. The lowest BCUT2D eigenvalue weighted by Gasteiger charge is -2.13. The summed E-state index contributed by atoms with van der Waals surface area (Å²) >= 11 is 5.80. The van der Waals surface area contributed by atoms with Gasteiger partial charge in [0.15, 0.2) is 0 Å². The molecule has 2 aromatic carbocycles. The van der Waals surface area contributed by atoms with Crippen LogP contribution in [0.15, 0.2) is 48.5 Å². The maximum absolute atomic E-state index is 12.2. The van der Waals surface area contributed by atoms with Crippen LogP contribution in [-0.4, -0.2) is 42.3 Å². The molecule has 0 saturated heterocycles. The van der Waals surface area contributed by atoms with Gasteiger partial charge in [-0.1, -0.05) is 23.7 Å². The number of carbonyl (C=O) groups excluding carboxylic acids is 3. The number of nitrogens with zero attached hydrogens (tertiary/aromatic N) is 1. The van der Waals surface area contributed by atoms with E-state index >= 15 is 0 Å². The van der Waals surface area contributed by atoms with Gasteiger partial charge in [0, 0.05) is 18.0 Å². The number of amides is 3. The lowest BCUT2D eigenvalue weighted by molar-refractivity contribution is -0.121. The van der Waals surface area contributed by atoms with Gasteiger partial charge in [-0.3, -0.25) is 19.3 Å². The van der Waals surface area contributed by atoms with Crippen LogP contribution in [0, 0.1) is 0 Å². The lowest BCUT2D eigenvalue weighted by Crippen LogP contribution is -2.32.